The molecule has 0 bridgehead atoms. The van der Waals surface area contributed by atoms with Gasteiger partial charge >= 0.3 is 0 Å². The Morgan fingerprint density at radius 3 is 2.75 bits per heavy atom. The summed E-state index contributed by atoms with van der Waals surface area (Å²) in [4.78, 5) is 19.4. The molecular formula is C21H20N2O. The normalized spacial score (nSPS) is 17.8. The van der Waals surface area contributed by atoms with Crippen LogP contribution in [0.5, 0.6) is 0 Å². The van der Waals surface area contributed by atoms with Crippen LogP contribution in [-0.2, 0) is 0 Å². The third-order valence-electron chi connectivity index (χ3n) is 4.80. The average Bonchev–Trinajstić information content (AvgIpc) is 2.68. The summed E-state index contributed by atoms with van der Waals surface area (Å²) in [6.07, 6.45) is 5.07. The van der Waals surface area contributed by atoms with Crippen molar-refractivity contribution >= 4 is 16.8 Å². The number of rotatable bonds is 2. The molecule has 24 heavy (non-hydrogen) atoms. The van der Waals surface area contributed by atoms with Gasteiger partial charge in [0.1, 0.15) is 0 Å². The molecule has 1 aliphatic rings. The van der Waals surface area contributed by atoms with Crippen molar-refractivity contribution < 1.29 is 4.79 Å². The second-order valence-electron chi connectivity index (χ2n) is 6.33. The lowest BCUT2D eigenvalue weighted by molar-refractivity contribution is 0.0611. The Balaban J connectivity index is 1.69. The first kappa shape index (κ1) is 14.9. The molecule has 1 saturated heterocycles. The lowest BCUT2D eigenvalue weighted by atomic mass is 9.93. The van der Waals surface area contributed by atoms with Gasteiger partial charge in [-0.05, 0) is 55.2 Å². The number of likely N-dealkylation sites (tertiary alicyclic amines) is 1. The average molecular weight is 316 g/mol. The first-order chi connectivity index (χ1) is 11.8. The van der Waals surface area contributed by atoms with Crippen LogP contribution in [0.15, 0.2) is 66.9 Å². The highest BCUT2D eigenvalue weighted by Gasteiger charge is 2.28. The van der Waals surface area contributed by atoms with E-state index in [-0.39, 0.29) is 11.9 Å². The second kappa shape index (κ2) is 6.44. The minimum absolute atomic E-state index is 0.131. The summed E-state index contributed by atoms with van der Waals surface area (Å²) in [6, 6.07) is 20.2. The molecule has 4 rings (SSSR count). The SMILES string of the molecule is O=C(c1ccccc1)N1CCCC[C@H]1c1ccc2ncccc2c1. The third-order valence-corrected chi connectivity index (χ3v) is 4.80. The van der Waals surface area contributed by atoms with Gasteiger partial charge in [0.05, 0.1) is 11.6 Å². The highest BCUT2D eigenvalue weighted by molar-refractivity contribution is 5.94. The van der Waals surface area contributed by atoms with Crippen molar-refractivity contribution in [3.8, 4) is 0 Å². The van der Waals surface area contributed by atoms with E-state index in [2.05, 4.69) is 29.2 Å². The van der Waals surface area contributed by atoms with E-state index in [0.717, 1.165) is 42.3 Å². The van der Waals surface area contributed by atoms with E-state index in [1.54, 1.807) is 0 Å². The topological polar surface area (TPSA) is 33.2 Å². The van der Waals surface area contributed by atoms with E-state index in [1.807, 2.05) is 47.5 Å². The Morgan fingerprint density at radius 1 is 1.00 bits per heavy atom. The van der Waals surface area contributed by atoms with Gasteiger partial charge in [0, 0.05) is 23.7 Å². The number of hydrogen-bond donors (Lipinski definition) is 0. The largest absolute Gasteiger partial charge is 0.332 e. The highest BCUT2D eigenvalue weighted by atomic mass is 16.2. The summed E-state index contributed by atoms with van der Waals surface area (Å²) in [5, 5.41) is 1.13. The number of nitrogens with zero attached hydrogens (tertiary/aromatic N) is 2. The standard InChI is InChI=1S/C21H20N2O/c24-21(16-7-2-1-3-8-16)23-14-5-4-10-20(23)18-11-12-19-17(15-18)9-6-13-22-19/h1-3,6-9,11-13,15,20H,4-5,10,14H2/t20-/m0/s1. The molecule has 2 heterocycles. The van der Waals surface area contributed by atoms with Gasteiger partial charge < -0.3 is 4.90 Å². The lowest BCUT2D eigenvalue weighted by Gasteiger charge is -2.36. The van der Waals surface area contributed by atoms with E-state index in [0.29, 0.717) is 0 Å². The second-order valence-corrected chi connectivity index (χ2v) is 6.33. The van der Waals surface area contributed by atoms with E-state index in [4.69, 9.17) is 0 Å². The first-order valence-electron chi connectivity index (χ1n) is 8.53. The Labute approximate surface area is 141 Å². The summed E-state index contributed by atoms with van der Waals surface area (Å²) in [5.74, 6) is 0.131. The zero-order valence-corrected chi connectivity index (χ0v) is 13.6. The van der Waals surface area contributed by atoms with Gasteiger partial charge in [0.2, 0.25) is 0 Å². The van der Waals surface area contributed by atoms with Gasteiger partial charge in [-0.15, -0.1) is 0 Å². The molecule has 3 aromatic rings. The predicted octanol–water partition coefficient (Wildman–Crippen LogP) is 4.60. The summed E-state index contributed by atoms with van der Waals surface area (Å²) in [6.45, 7) is 0.823. The number of benzene rings is 2. The van der Waals surface area contributed by atoms with E-state index >= 15 is 0 Å². The van der Waals surface area contributed by atoms with Crippen molar-refractivity contribution in [1.29, 1.82) is 0 Å². The van der Waals surface area contributed by atoms with Crippen molar-refractivity contribution in [2.24, 2.45) is 0 Å². The van der Waals surface area contributed by atoms with Crippen LogP contribution in [0, 0.1) is 0 Å². The van der Waals surface area contributed by atoms with Crippen LogP contribution in [0.25, 0.3) is 10.9 Å². The van der Waals surface area contributed by atoms with E-state index in [1.165, 1.54) is 5.56 Å². The lowest BCUT2D eigenvalue weighted by Crippen LogP contribution is -2.38. The monoisotopic (exact) mass is 316 g/mol. The molecule has 0 saturated carbocycles. The van der Waals surface area contributed by atoms with Crippen LogP contribution in [-0.4, -0.2) is 22.3 Å². The van der Waals surface area contributed by atoms with Crippen molar-refractivity contribution in [2.45, 2.75) is 25.3 Å². The maximum Gasteiger partial charge on any atom is 0.254 e. The van der Waals surface area contributed by atoms with Gasteiger partial charge in [-0.2, -0.15) is 0 Å². The molecule has 120 valence electrons. The van der Waals surface area contributed by atoms with Crippen LogP contribution in [0.3, 0.4) is 0 Å². The Hall–Kier alpha value is -2.68. The molecule has 1 aromatic heterocycles. The van der Waals surface area contributed by atoms with Crippen LogP contribution in [0.2, 0.25) is 0 Å². The fourth-order valence-corrected chi connectivity index (χ4v) is 3.57. The fraction of sp³-hybridized carbons (Fsp3) is 0.238. The van der Waals surface area contributed by atoms with Gasteiger partial charge in [0.15, 0.2) is 0 Å². The first-order valence-corrected chi connectivity index (χ1v) is 8.53. The molecule has 3 nitrogen and oxygen atoms in total. The number of fused-ring (bicyclic) bond motifs is 1. The van der Waals surface area contributed by atoms with Crippen LogP contribution in [0.1, 0.15) is 41.2 Å². The number of pyridine rings is 1. The maximum absolute atomic E-state index is 13.0. The molecule has 1 fully saturated rings. The number of amides is 1. The van der Waals surface area contributed by atoms with Crippen molar-refractivity contribution in [1.82, 2.24) is 9.88 Å². The minimum atomic E-state index is 0.131. The van der Waals surface area contributed by atoms with Crippen LogP contribution >= 0.6 is 0 Å². The summed E-state index contributed by atoms with van der Waals surface area (Å²) >= 11 is 0. The molecule has 0 unspecified atom stereocenters. The quantitative estimate of drug-likeness (QED) is 0.692. The Bertz CT molecular complexity index is 860. The van der Waals surface area contributed by atoms with Crippen molar-refractivity contribution in [2.75, 3.05) is 6.54 Å². The molecule has 2 aromatic carbocycles. The van der Waals surface area contributed by atoms with Gasteiger partial charge in [0.25, 0.3) is 5.91 Å². The zero-order valence-electron chi connectivity index (χ0n) is 13.6. The smallest absolute Gasteiger partial charge is 0.254 e. The van der Waals surface area contributed by atoms with Crippen LogP contribution in [0.4, 0.5) is 0 Å². The number of aromatic nitrogens is 1. The molecule has 0 aliphatic carbocycles. The van der Waals surface area contributed by atoms with E-state index in [9.17, 15) is 4.79 Å². The molecular weight excluding hydrogens is 296 g/mol. The summed E-state index contributed by atoms with van der Waals surface area (Å²) in [7, 11) is 0. The maximum atomic E-state index is 13.0. The number of carbonyl (C=O) groups is 1. The minimum Gasteiger partial charge on any atom is -0.332 e. The molecule has 0 spiro atoms. The number of piperidine rings is 1. The van der Waals surface area contributed by atoms with Gasteiger partial charge in [-0.25, -0.2) is 0 Å². The van der Waals surface area contributed by atoms with Gasteiger partial charge in [-0.1, -0.05) is 30.3 Å². The summed E-state index contributed by atoms with van der Waals surface area (Å²) < 4.78 is 0. The Kier molecular flexibility index (Phi) is 3.99. The molecule has 1 aliphatic heterocycles. The van der Waals surface area contributed by atoms with Crippen LogP contribution < -0.4 is 0 Å². The van der Waals surface area contributed by atoms with E-state index < -0.39 is 0 Å². The van der Waals surface area contributed by atoms with Crippen molar-refractivity contribution in [3.05, 3.63) is 78.0 Å². The number of carbonyl (C=O) groups excluding carboxylic acids is 1. The molecule has 0 N–H and O–H groups in total. The molecule has 0 radical (unpaired) electrons. The van der Waals surface area contributed by atoms with Crippen molar-refractivity contribution in [3.63, 3.8) is 0 Å². The number of hydrogen-bond acceptors (Lipinski definition) is 2. The Morgan fingerprint density at radius 2 is 1.88 bits per heavy atom. The predicted molar refractivity (Wildman–Crippen MR) is 95.8 cm³/mol. The molecule has 1 amide bonds. The summed E-state index contributed by atoms with van der Waals surface area (Å²) in [5.41, 5.74) is 2.98. The molecule has 1 atom stereocenters. The highest BCUT2D eigenvalue weighted by Crippen LogP contribution is 2.33. The zero-order chi connectivity index (χ0) is 16.4. The molecule has 3 heteroatoms. The fourth-order valence-electron chi connectivity index (χ4n) is 3.57. The van der Waals surface area contributed by atoms with Gasteiger partial charge in [-0.3, -0.25) is 9.78 Å². The third kappa shape index (κ3) is 2.78.